The lowest BCUT2D eigenvalue weighted by Gasteiger charge is -2.45. The third kappa shape index (κ3) is 3.07. The van der Waals surface area contributed by atoms with E-state index in [0.717, 1.165) is 24.8 Å². The summed E-state index contributed by atoms with van der Waals surface area (Å²) < 4.78 is 0. The highest BCUT2D eigenvalue weighted by molar-refractivity contribution is 5.94. The van der Waals surface area contributed by atoms with Gasteiger partial charge in [0.05, 0.1) is 0 Å². The van der Waals surface area contributed by atoms with E-state index in [4.69, 9.17) is 0 Å². The van der Waals surface area contributed by atoms with E-state index in [-0.39, 0.29) is 17.4 Å². The van der Waals surface area contributed by atoms with Gasteiger partial charge in [0.1, 0.15) is 0 Å². The molecular weight excluding hydrogens is 328 g/mol. The Kier molecular flexibility index (Phi) is 4.41. The van der Waals surface area contributed by atoms with Gasteiger partial charge in [-0.1, -0.05) is 6.07 Å². The molecule has 2 aromatic rings. The van der Waals surface area contributed by atoms with Gasteiger partial charge < -0.3 is 9.80 Å². The van der Waals surface area contributed by atoms with E-state index >= 15 is 0 Å². The molecule has 0 radical (unpaired) electrons. The smallest absolute Gasteiger partial charge is 0.253 e. The molecule has 134 valence electrons. The molecule has 6 heteroatoms. The summed E-state index contributed by atoms with van der Waals surface area (Å²) in [5, 5.41) is 0. The first kappa shape index (κ1) is 16.7. The number of nitrogens with zero attached hydrogens (tertiary/aromatic N) is 4. The summed E-state index contributed by atoms with van der Waals surface area (Å²) in [7, 11) is 0. The molecule has 0 aromatic carbocycles. The van der Waals surface area contributed by atoms with Crippen LogP contribution in [0.4, 0.5) is 0 Å². The molecule has 2 fully saturated rings. The molecule has 0 saturated carbocycles. The van der Waals surface area contributed by atoms with E-state index in [1.807, 2.05) is 28.1 Å². The Bertz CT molecular complexity index is 786. The van der Waals surface area contributed by atoms with Crippen LogP contribution in [0.1, 0.15) is 41.6 Å². The molecule has 0 aliphatic carbocycles. The fraction of sp³-hybridized carbons (Fsp3) is 0.400. The lowest BCUT2D eigenvalue weighted by atomic mass is 9.84. The summed E-state index contributed by atoms with van der Waals surface area (Å²) in [4.78, 5) is 37.2. The number of amides is 2. The number of hydrogen-bond acceptors (Lipinski definition) is 4. The van der Waals surface area contributed by atoms with Crippen molar-refractivity contribution in [2.45, 2.75) is 37.8 Å². The first-order valence-electron chi connectivity index (χ1n) is 9.07. The minimum absolute atomic E-state index is 0.0467. The van der Waals surface area contributed by atoms with Crippen molar-refractivity contribution in [1.82, 2.24) is 19.8 Å². The summed E-state index contributed by atoms with van der Waals surface area (Å²) in [6.45, 7) is 1.96. The zero-order valence-electron chi connectivity index (χ0n) is 14.7. The van der Waals surface area contributed by atoms with Crippen LogP contribution in [0.2, 0.25) is 0 Å². The van der Waals surface area contributed by atoms with Crippen molar-refractivity contribution in [1.29, 1.82) is 0 Å². The number of rotatable bonds is 3. The SMILES string of the molecule is O=C(c1ccncc1)N1CCC2(CCC(=O)N2Cc2cccnc2)CC1. The van der Waals surface area contributed by atoms with Gasteiger partial charge in [0.15, 0.2) is 0 Å². The third-order valence-corrected chi connectivity index (χ3v) is 5.65. The second-order valence-electron chi connectivity index (χ2n) is 7.09. The summed E-state index contributed by atoms with van der Waals surface area (Å²) in [5.41, 5.74) is 1.60. The Morgan fingerprint density at radius 1 is 1.04 bits per heavy atom. The maximum Gasteiger partial charge on any atom is 0.253 e. The summed E-state index contributed by atoms with van der Waals surface area (Å²) >= 11 is 0. The van der Waals surface area contributed by atoms with Gasteiger partial charge in [-0.2, -0.15) is 0 Å². The normalized spacial score (nSPS) is 19.2. The van der Waals surface area contributed by atoms with Gasteiger partial charge in [-0.3, -0.25) is 19.6 Å². The van der Waals surface area contributed by atoms with E-state index in [1.54, 1.807) is 30.7 Å². The fourth-order valence-corrected chi connectivity index (χ4v) is 4.13. The number of carbonyl (C=O) groups is 2. The number of hydrogen-bond donors (Lipinski definition) is 0. The van der Waals surface area contributed by atoms with E-state index in [0.29, 0.717) is 31.6 Å². The van der Waals surface area contributed by atoms with Crippen LogP contribution >= 0.6 is 0 Å². The van der Waals surface area contributed by atoms with Gasteiger partial charge in [0.25, 0.3) is 5.91 Å². The minimum Gasteiger partial charge on any atom is -0.338 e. The monoisotopic (exact) mass is 350 g/mol. The molecule has 0 atom stereocenters. The fourth-order valence-electron chi connectivity index (χ4n) is 4.13. The lowest BCUT2D eigenvalue weighted by molar-refractivity contribution is -0.133. The second-order valence-corrected chi connectivity index (χ2v) is 7.09. The Balaban J connectivity index is 1.46. The predicted molar refractivity (Wildman–Crippen MR) is 96.1 cm³/mol. The quantitative estimate of drug-likeness (QED) is 0.852. The van der Waals surface area contributed by atoms with Gasteiger partial charge in [-0.15, -0.1) is 0 Å². The number of likely N-dealkylation sites (tertiary alicyclic amines) is 2. The van der Waals surface area contributed by atoms with Crippen molar-refractivity contribution in [3.05, 3.63) is 60.2 Å². The van der Waals surface area contributed by atoms with Crippen molar-refractivity contribution >= 4 is 11.8 Å². The van der Waals surface area contributed by atoms with Crippen molar-refractivity contribution in [3.8, 4) is 0 Å². The van der Waals surface area contributed by atoms with Crippen LogP contribution in [0.5, 0.6) is 0 Å². The zero-order chi connectivity index (χ0) is 18.0. The Morgan fingerprint density at radius 3 is 2.50 bits per heavy atom. The van der Waals surface area contributed by atoms with Crippen molar-refractivity contribution < 1.29 is 9.59 Å². The average Bonchev–Trinajstić information content (AvgIpc) is 2.99. The molecule has 2 amide bonds. The van der Waals surface area contributed by atoms with Crippen LogP contribution in [-0.4, -0.2) is 50.2 Å². The molecule has 0 unspecified atom stereocenters. The largest absolute Gasteiger partial charge is 0.338 e. The summed E-state index contributed by atoms with van der Waals surface area (Å²) in [5.74, 6) is 0.258. The van der Waals surface area contributed by atoms with Crippen LogP contribution in [-0.2, 0) is 11.3 Å². The zero-order valence-corrected chi connectivity index (χ0v) is 14.7. The highest BCUT2D eigenvalue weighted by Crippen LogP contribution is 2.40. The summed E-state index contributed by atoms with van der Waals surface area (Å²) in [6, 6.07) is 7.41. The van der Waals surface area contributed by atoms with Crippen LogP contribution in [0.15, 0.2) is 49.1 Å². The molecule has 2 aliphatic heterocycles. The number of aromatic nitrogens is 2. The van der Waals surface area contributed by atoms with Gasteiger partial charge in [0, 0.05) is 61.9 Å². The Morgan fingerprint density at radius 2 is 1.81 bits per heavy atom. The third-order valence-electron chi connectivity index (χ3n) is 5.65. The molecule has 26 heavy (non-hydrogen) atoms. The molecule has 0 N–H and O–H groups in total. The van der Waals surface area contributed by atoms with Crippen LogP contribution in [0.3, 0.4) is 0 Å². The molecule has 1 spiro atoms. The topological polar surface area (TPSA) is 66.4 Å². The van der Waals surface area contributed by atoms with E-state index in [1.165, 1.54) is 0 Å². The number of pyridine rings is 2. The molecule has 2 saturated heterocycles. The van der Waals surface area contributed by atoms with E-state index in [9.17, 15) is 9.59 Å². The van der Waals surface area contributed by atoms with E-state index in [2.05, 4.69) is 9.97 Å². The van der Waals surface area contributed by atoms with Crippen LogP contribution in [0, 0.1) is 0 Å². The van der Waals surface area contributed by atoms with Crippen molar-refractivity contribution in [2.24, 2.45) is 0 Å². The molecular formula is C20H22N4O2. The average molecular weight is 350 g/mol. The van der Waals surface area contributed by atoms with E-state index < -0.39 is 0 Å². The number of piperidine rings is 1. The number of carbonyl (C=O) groups excluding carboxylic acids is 2. The van der Waals surface area contributed by atoms with Gasteiger partial charge in [0.2, 0.25) is 5.91 Å². The second kappa shape index (κ2) is 6.86. The Labute approximate surface area is 152 Å². The van der Waals surface area contributed by atoms with Crippen LogP contribution < -0.4 is 0 Å². The molecule has 0 bridgehead atoms. The standard InChI is InChI=1S/C20H22N4O2/c25-18-3-6-20(24(18)15-16-2-1-9-22-14-16)7-12-23(13-8-20)19(26)17-4-10-21-11-5-17/h1-2,4-5,9-11,14H,3,6-8,12-13,15H2. The van der Waals surface area contributed by atoms with Crippen molar-refractivity contribution in [3.63, 3.8) is 0 Å². The molecule has 4 rings (SSSR count). The molecule has 2 aliphatic rings. The molecule has 4 heterocycles. The molecule has 6 nitrogen and oxygen atoms in total. The Hall–Kier alpha value is -2.76. The predicted octanol–water partition coefficient (Wildman–Crippen LogP) is 2.27. The highest BCUT2D eigenvalue weighted by Gasteiger charge is 2.47. The lowest BCUT2D eigenvalue weighted by Crippen LogP contribution is -2.53. The van der Waals surface area contributed by atoms with Gasteiger partial charge in [-0.05, 0) is 43.0 Å². The van der Waals surface area contributed by atoms with Crippen molar-refractivity contribution in [2.75, 3.05) is 13.1 Å². The highest BCUT2D eigenvalue weighted by atomic mass is 16.2. The maximum atomic E-state index is 12.6. The first-order chi connectivity index (χ1) is 12.7. The minimum atomic E-state index is -0.123. The first-order valence-corrected chi connectivity index (χ1v) is 9.07. The van der Waals surface area contributed by atoms with Gasteiger partial charge >= 0.3 is 0 Å². The van der Waals surface area contributed by atoms with Crippen LogP contribution in [0.25, 0.3) is 0 Å². The summed E-state index contributed by atoms with van der Waals surface area (Å²) in [6.07, 6.45) is 9.98. The molecule has 2 aromatic heterocycles. The maximum absolute atomic E-state index is 12.6. The van der Waals surface area contributed by atoms with Gasteiger partial charge in [-0.25, -0.2) is 0 Å².